The SMILES string of the molecule is CC(=O)Nc1ccc(Nc2nc(N3CCC(N4CCOCC4)CC3)nc3c2ncn3C(C)C)cc1. The van der Waals surface area contributed by atoms with Gasteiger partial charge in [-0.15, -0.1) is 0 Å². The number of anilines is 4. The van der Waals surface area contributed by atoms with Crippen molar-refractivity contribution in [3.8, 4) is 0 Å². The second kappa shape index (κ2) is 10.2. The number of benzene rings is 1. The second-order valence-corrected chi connectivity index (χ2v) is 9.54. The summed E-state index contributed by atoms with van der Waals surface area (Å²) < 4.78 is 7.61. The Labute approximate surface area is 205 Å². The van der Waals surface area contributed by atoms with Gasteiger partial charge in [0.25, 0.3) is 0 Å². The van der Waals surface area contributed by atoms with Crippen molar-refractivity contribution in [1.82, 2.24) is 24.4 Å². The van der Waals surface area contributed by atoms with Crippen molar-refractivity contribution in [3.05, 3.63) is 30.6 Å². The highest BCUT2D eigenvalue weighted by Crippen LogP contribution is 2.29. The number of hydrogen-bond donors (Lipinski definition) is 2. The molecule has 2 N–H and O–H groups in total. The Kier molecular flexibility index (Phi) is 6.83. The fourth-order valence-electron chi connectivity index (χ4n) is 4.86. The molecule has 2 aliphatic heterocycles. The zero-order valence-electron chi connectivity index (χ0n) is 20.7. The van der Waals surface area contributed by atoms with Crippen LogP contribution in [-0.4, -0.2) is 75.8 Å². The Hall–Kier alpha value is -3.24. The quantitative estimate of drug-likeness (QED) is 0.556. The van der Waals surface area contributed by atoms with Gasteiger partial charge < -0.3 is 24.8 Å². The Bertz CT molecular complexity index is 1160. The molecule has 4 heterocycles. The third-order valence-corrected chi connectivity index (χ3v) is 6.74. The number of hydrogen-bond acceptors (Lipinski definition) is 8. The van der Waals surface area contributed by atoms with Crippen molar-refractivity contribution in [2.45, 2.75) is 45.7 Å². The summed E-state index contributed by atoms with van der Waals surface area (Å²) in [5.41, 5.74) is 3.20. The van der Waals surface area contributed by atoms with E-state index < -0.39 is 0 Å². The van der Waals surface area contributed by atoms with E-state index in [0.29, 0.717) is 11.9 Å². The smallest absolute Gasteiger partial charge is 0.229 e. The van der Waals surface area contributed by atoms with Gasteiger partial charge in [-0.05, 0) is 51.0 Å². The number of carbonyl (C=O) groups excluding carboxylic acids is 1. The number of carbonyl (C=O) groups is 1. The lowest BCUT2D eigenvalue weighted by molar-refractivity contribution is -0.114. The summed E-state index contributed by atoms with van der Waals surface area (Å²) in [6, 6.07) is 8.41. The van der Waals surface area contributed by atoms with Crippen LogP contribution >= 0.6 is 0 Å². The molecule has 3 aromatic rings. The second-order valence-electron chi connectivity index (χ2n) is 9.54. The Morgan fingerprint density at radius 3 is 2.37 bits per heavy atom. The van der Waals surface area contributed by atoms with E-state index in [2.05, 4.69) is 43.8 Å². The summed E-state index contributed by atoms with van der Waals surface area (Å²) in [5.74, 6) is 1.33. The molecule has 2 aromatic heterocycles. The first-order valence-corrected chi connectivity index (χ1v) is 12.4. The molecule has 186 valence electrons. The van der Waals surface area contributed by atoms with E-state index in [9.17, 15) is 4.79 Å². The molecule has 1 amide bonds. The van der Waals surface area contributed by atoms with E-state index in [4.69, 9.17) is 14.7 Å². The molecule has 0 bridgehead atoms. The predicted octanol–water partition coefficient (Wildman–Crippen LogP) is 3.41. The van der Waals surface area contributed by atoms with Crippen molar-refractivity contribution in [2.24, 2.45) is 0 Å². The molecular formula is C25H34N8O2. The van der Waals surface area contributed by atoms with Crippen molar-refractivity contribution in [1.29, 1.82) is 0 Å². The van der Waals surface area contributed by atoms with Crippen molar-refractivity contribution < 1.29 is 9.53 Å². The summed E-state index contributed by atoms with van der Waals surface area (Å²) in [7, 11) is 0. The lowest BCUT2D eigenvalue weighted by Crippen LogP contribution is -2.49. The van der Waals surface area contributed by atoms with E-state index in [1.54, 1.807) is 0 Å². The van der Waals surface area contributed by atoms with Gasteiger partial charge in [0.15, 0.2) is 17.0 Å². The van der Waals surface area contributed by atoms with Gasteiger partial charge in [-0.3, -0.25) is 9.69 Å². The third-order valence-electron chi connectivity index (χ3n) is 6.74. The van der Waals surface area contributed by atoms with Crippen molar-refractivity contribution in [3.63, 3.8) is 0 Å². The molecule has 10 nitrogen and oxygen atoms in total. The molecule has 5 rings (SSSR count). The minimum absolute atomic E-state index is 0.0931. The predicted molar refractivity (Wildman–Crippen MR) is 137 cm³/mol. The summed E-state index contributed by atoms with van der Waals surface area (Å²) in [5, 5.41) is 6.23. The average Bonchev–Trinajstić information content (AvgIpc) is 3.30. The molecule has 2 saturated heterocycles. The summed E-state index contributed by atoms with van der Waals surface area (Å²) in [4.78, 5) is 30.7. The van der Waals surface area contributed by atoms with Crippen LogP contribution in [0.15, 0.2) is 30.6 Å². The number of amides is 1. The molecule has 10 heteroatoms. The van der Waals surface area contributed by atoms with Gasteiger partial charge >= 0.3 is 0 Å². The normalized spacial score (nSPS) is 17.8. The van der Waals surface area contributed by atoms with Crippen molar-refractivity contribution in [2.75, 3.05) is 54.9 Å². The third kappa shape index (κ3) is 5.23. The zero-order chi connectivity index (χ0) is 24.4. The molecule has 35 heavy (non-hydrogen) atoms. The topological polar surface area (TPSA) is 100 Å². The maximum absolute atomic E-state index is 11.3. The number of morpholine rings is 1. The number of fused-ring (bicyclic) bond motifs is 1. The van der Waals surface area contributed by atoms with Crippen LogP contribution in [0.4, 0.5) is 23.1 Å². The Balaban J connectivity index is 1.39. The minimum atomic E-state index is -0.0931. The van der Waals surface area contributed by atoms with Crippen LogP contribution in [-0.2, 0) is 9.53 Å². The highest BCUT2D eigenvalue weighted by molar-refractivity contribution is 5.89. The first kappa shape index (κ1) is 23.5. The summed E-state index contributed by atoms with van der Waals surface area (Å²) in [6.45, 7) is 11.3. The lowest BCUT2D eigenvalue weighted by Gasteiger charge is -2.40. The summed E-state index contributed by atoms with van der Waals surface area (Å²) in [6.07, 6.45) is 4.03. The number of ether oxygens (including phenoxy) is 1. The van der Waals surface area contributed by atoms with Crippen LogP contribution in [0.3, 0.4) is 0 Å². The van der Waals surface area contributed by atoms with Gasteiger partial charge in [0, 0.05) is 56.6 Å². The number of nitrogens with zero attached hydrogens (tertiary/aromatic N) is 6. The van der Waals surface area contributed by atoms with Gasteiger partial charge in [0.2, 0.25) is 11.9 Å². The van der Waals surface area contributed by atoms with E-state index in [1.165, 1.54) is 6.92 Å². The average molecular weight is 479 g/mol. The molecular weight excluding hydrogens is 444 g/mol. The number of imidazole rings is 1. The minimum Gasteiger partial charge on any atom is -0.379 e. The monoisotopic (exact) mass is 478 g/mol. The lowest BCUT2D eigenvalue weighted by atomic mass is 10.0. The molecule has 0 radical (unpaired) electrons. The number of piperidine rings is 1. The van der Waals surface area contributed by atoms with Crippen LogP contribution in [0.1, 0.15) is 39.7 Å². The molecule has 0 atom stereocenters. The maximum atomic E-state index is 11.3. The molecule has 1 aromatic carbocycles. The number of aromatic nitrogens is 4. The van der Waals surface area contributed by atoms with Crippen LogP contribution < -0.4 is 15.5 Å². The first-order valence-electron chi connectivity index (χ1n) is 12.4. The van der Waals surface area contributed by atoms with Gasteiger partial charge in [-0.1, -0.05) is 0 Å². The molecule has 0 aliphatic carbocycles. The summed E-state index contributed by atoms with van der Waals surface area (Å²) >= 11 is 0. The zero-order valence-corrected chi connectivity index (χ0v) is 20.7. The highest BCUT2D eigenvalue weighted by Gasteiger charge is 2.28. The maximum Gasteiger partial charge on any atom is 0.229 e. The van der Waals surface area contributed by atoms with E-state index in [0.717, 1.165) is 80.7 Å². The fraction of sp³-hybridized carbons (Fsp3) is 0.520. The van der Waals surface area contributed by atoms with Crippen LogP contribution in [0.2, 0.25) is 0 Å². The number of rotatable bonds is 6. The van der Waals surface area contributed by atoms with E-state index >= 15 is 0 Å². The van der Waals surface area contributed by atoms with Crippen molar-refractivity contribution >= 4 is 40.2 Å². The van der Waals surface area contributed by atoms with E-state index in [-0.39, 0.29) is 11.9 Å². The standard InChI is InChI=1S/C25H34N8O2/c1-17(2)33-16-26-22-23(28-20-6-4-19(5-7-20)27-18(3)34)29-25(30-24(22)33)32-10-8-21(9-11-32)31-12-14-35-15-13-31/h4-7,16-17,21H,8-15H2,1-3H3,(H,27,34)(H,28,29,30). The van der Waals surface area contributed by atoms with Gasteiger partial charge in [0.1, 0.15) is 0 Å². The van der Waals surface area contributed by atoms with Crippen LogP contribution in [0.25, 0.3) is 11.2 Å². The molecule has 0 saturated carbocycles. The van der Waals surface area contributed by atoms with Crippen LogP contribution in [0.5, 0.6) is 0 Å². The molecule has 2 aliphatic rings. The largest absolute Gasteiger partial charge is 0.379 e. The van der Waals surface area contributed by atoms with Gasteiger partial charge in [-0.25, -0.2) is 4.98 Å². The Morgan fingerprint density at radius 1 is 1.03 bits per heavy atom. The molecule has 0 unspecified atom stereocenters. The molecule has 2 fully saturated rings. The van der Waals surface area contributed by atoms with Gasteiger partial charge in [0.05, 0.1) is 19.5 Å². The Morgan fingerprint density at radius 2 is 1.71 bits per heavy atom. The van der Waals surface area contributed by atoms with Gasteiger partial charge in [-0.2, -0.15) is 9.97 Å². The first-order chi connectivity index (χ1) is 17.0. The fourth-order valence-corrected chi connectivity index (χ4v) is 4.86. The van der Waals surface area contributed by atoms with Crippen LogP contribution in [0, 0.1) is 0 Å². The molecule has 0 spiro atoms. The number of nitrogens with one attached hydrogen (secondary N) is 2. The van der Waals surface area contributed by atoms with E-state index in [1.807, 2.05) is 30.6 Å². The highest BCUT2D eigenvalue weighted by atomic mass is 16.5.